The molecule has 1 N–H and O–H groups in total. The molecule has 2 heterocycles. The number of aromatic nitrogens is 4. The van der Waals surface area contributed by atoms with Crippen LogP contribution >= 0.6 is 11.8 Å². The number of aliphatic hydroxyl groups is 1. The molecule has 0 aliphatic heterocycles. The van der Waals surface area contributed by atoms with Gasteiger partial charge in [0.25, 0.3) is 0 Å². The van der Waals surface area contributed by atoms with E-state index in [-0.39, 0.29) is 19.9 Å². The summed E-state index contributed by atoms with van der Waals surface area (Å²) in [4.78, 5) is 15.7. The molecule has 1 atom stereocenters. The second kappa shape index (κ2) is 13.3. The van der Waals surface area contributed by atoms with Crippen molar-refractivity contribution in [1.82, 2.24) is 19.5 Å². The lowest BCUT2D eigenvalue weighted by Crippen LogP contribution is -2.37. The Balaban J connectivity index is 1.46. The fourth-order valence-electron chi connectivity index (χ4n) is 4.82. The zero-order valence-corrected chi connectivity index (χ0v) is 25.0. The second-order valence-electron chi connectivity index (χ2n) is 9.87. The molecule has 0 amide bonds. The van der Waals surface area contributed by atoms with Gasteiger partial charge in [0.15, 0.2) is 5.65 Å². The third kappa shape index (κ3) is 5.98. The molecule has 0 radical (unpaired) electrons. The number of methoxy groups -OCH3 is 1. The average Bonchev–Trinajstić information content (AvgIpc) is 3.46. The number of thioether (sulfide) groups is 1. The van der Waals surface area contributed by atoms with Crippen molar-refractivity contribution in [3.05, 3.63) is 108 Å². The number of aliphatic hydroxyl groups excluding tert-OH is 1. The van der Waals surface area contributed by atoms with Gasteiger partial charge in [0, 0.05) is 14.1 Å². The number of fused-ring (bicyclic) bond motifs is 1. The number of hydrogen-bond acceptors (Lipinski definition) is 9. The highest BCUT2D eigenvalue weighted by Gasteiger charge is 2.38. The zero-order valence-electron chi connectivity index (χ0n) is 24.2. The number of rotatable bonds is 13. The topological polar surface area (TPSA) is 94.8 Å². The fraction of sp³-hybridized carbons (Fsp3) is 0.281. The summed E-state index contributed by atoms with van der Waals surface area (Å²) < 4.78 is 20.3. The van der Waals surface area contributed by atoms with Crippen molar-refractivity contribution in [2.24, 2.45) is 0 Å². The molecule has 218 valence electrons. The maximum atomic E-state index is 10.4. The maximum Gasteiger partial charge on any atom is 0.228 e. The molecule has 0 saturated heterocycles. The van der Waals surface area contributed by atoms with Gasteiger partial charge in [-0.2, -0.15) is 4.98 Å². The van der Waals surface area contributed by atoms with E-state index in [1.807, 2.05) is 90.5 Å². The molecule has 0 aliphatic rings. The molecule has 10 heteroatoms. The van der Waals surface area contributed by atoms with Gasteiger partial charge in [-0.3, -0.25) is 4.57 Å². The second-order valence-corrected chi connectivity index (χ2v) is 10.7. The lowest BCUT2D eigenvalue weighted by molar-refractivity contribution is -0.0970. The minimum atomic E-state index is -0.964. The number of hydrogen-bond donors (Lipinski definition) is 1. The number of ether oxygens (including phenoxy) is 3. The molecular weight excluding hydrogens is 550 g/mol. The Hall–Kier alpha value is -3.96. The SMILES string of the molecule is COc1ccc(C(OCC(CO)OCn2cnc3c(SC)nc(N(C)C)nc32)(c2ccccc2)c2ccccc2)cc1. The third-order valence-electron chi connectivity index (χ3n) is 7.01. The van der Waals surface area contributed by atoms with E-state index in [1.54, 1.807) is 13.4 Å². The van der Waals surface area contributed by atoms with Crippen molar-refractivity contribution in [3.63, 3.8) is 0 Å². The first-order chi connectivity index (χ1) is 20.5. The van der Waals surface area contributed by atoms with E-state index >= 15 is 0 Å². The molecule has 0 spiro atoms. The first-order valence-electron chi connectivity index (χ1n) is 13.6. The molecule has 2 aromatic heterocycles. The van der Waals surface area contributed by atoms with Crippen LogP contribution in [0.25, 0.3) is 11.2 Å². The van der Waals surface area contributed by atoms with Crippen molar-refractivity contribution >= 4 is 28.9 Å². The van der Waals surface area contributed by atoms with Gasteiger partial charge in [-0.25, -0.2) is 9.97 Å². The Bertz CT molecular complexity index is 1540. The van der Waals surface area contributed by atoms with Crippen LogP contribution in [0.15, 0.2) is 96.3 Å². The van der Waals surface area contributed by atoms with Crippen molar-refractivity contribution in [2.45, 2.75) is 23.5 Å². The average molecular weight is 586 g/mol. The van der Waals surface area contributed by atoms with Gasteiger partial charge in [0.05, 0.1) is 26.7 Å². The van der Waals surface area contributed by atoms with E-state index in [1.165, 1.54) is 11.8 Å². The zero-order chi connectivity index (χ0) is 29.5. The Labute approximate surface area is 250 Å². The smallest absolute Gasteiger partial charge is 0.228 e. The number of nitrogens with zero attached hydrogens (tertiary/aromatic N) is 5. The standard InChI is InChI=1S/C32H35N5O4S/c1-36(2)31-34-29-28(30(35-31)42-4)33-21-37(29)22-40-27(19-38)20-41-32(23-11-7-5-8-12-23,24-13-9-6-10-14-24)25-15-17-26(39-3)18-16-25/h5-18,21,27,38H,19-20,22H2,1-4H3. The highest BCUT2D eigenvalue weighted by atomic mass is 32.2. The van der Waals surface area contributed by atoms with E-state index in [9.17, 15) is 5.11 Å². The largest absolute Gasteiger partial charge is 0.497 e. The first kappa shape index (κ1) is 29.5. The van der Waals surface area contributed by atoms with E-state index in [2.05, 4.69) is 39.2 Å². The number of benzene rings is 3. The third-order valence-corrected chi connectivity index (χ3v) is 7.68. The summed E-state index contributed by atoms with van der Waals surface area (Å²) in [5, 5.41) is 11.2. The van der Waals surface area contributed by atoms with Crippen LogP contribution < -0.4 is 9.64 Å². The summed E-state index contributed by atoms with van der Waals surface area (Å²) in [6.07, 6.45) is 3.02. The predicted octanol–water partition coefficient (Wildman–Crippen LogP) is 4.97. The summed E-state index contributed by atoms with van der Waals surface area (Å²) >= 11 is 1.52. The van der Waals surface area contributed by atoms with Crippen LogP contribution in [-0.4, -0.2) is 71.4 Å². The van der Waals surface area contributed by atoms with E-state index in [4.69, 9.17) is 14.2 Å². The molecule has 3 aromatic carbocycles. The Morgan fingerprint density at radius 1 is 0.905 bits per heavy atom. The van der Waals surface area contributed by atoms with Crippen LogP contribution in [0.2, 0.25) is 0 Å². The molecule has 0 bridgehead atoms. The van der Waals surface area contributed by atoms with E-state index in [0.29, 0.717) is 17.1 Å². The summed E-state index contributed by atoms with van der Waals surface area (Å²) in [6, 6.07) is 28.0. The lowest BCUT2D eigenvalue weighted by atomic mass is 9.80. The van der Waals surface area contributed by atoms with Crippen LogP contribution in [0.3, 0.4) is 0 Å². The first-order valence-corrected chi connectivity index (χ1v) is 14.8. The summed E-state index contributed by atoms with van der Waals surface area (Å²) in [6.45, 7) is 0.0187. The van der Waals surface area contributed by atoms with E-state index < -0.39 is 11.7 Å². The van der Waals surface area contributed by atoms with Gasteiger partial charge in [0.2, 0.25) is 5.95 Å². The van der Waals surface area contributed by atoms with Crippen molar-refractivity contribution in [3.8, 4) is 5.75 Å². The molecule has 42 heavy (non-hydrogen) atoms. The Kier molecular flexibility index (Phi) is 9.38. The van der Waals surface area contributed by atoms with Gasteiger partial charge < -0.3 is 24.2 Å². The lowest BCUT2D eigenvalue weighted by Gasteiger charge is -2.37. The van der Waals surface area contributed by atoms with Gasteiger partial charge >= 0.3 is 0 Å². The van der Waals surface area contributed by atoms with Gasteiger partial charge in [-0.15, -0.1) is 11.8 Å². The van der Waals surface area contributed by atoms with Gasteiger partial charge in [-0.05, 0) is 35.1 Å². The van der Waals surface area contributed by atoms with Crippen molar-refractivity contribution in [2.75, 3.05) is 45.6 Å². The van der Waals surface area contributed by atoms with Gasteiger partial charge in [0.1, 0.15) is 34.7 Å². The Morgan fingerprint density at radius 3 is 2.07 bits per heavy atom. The predicted molar refractivity (Wildman–Crippen MR) is 165 cm³/mol. The number of anilines is 1. The summed E-state index contributed by atoms with van der Waals surface area (Å²) in [7, 11) is 5.45. The minimum Gasteiger partial charge on any atom is -0.497 e. The minimum absolute atomic E-state index is 0.118. The molecule has 1 unspecified atom stereocenters. The number of imidazole rings is 1. The monoisotopic (exact) mass is 585 g/mol. The van der Waals surface area contributed by atoms with E-state index in [0.717, 1.165) is 27.5 Å². The molecular formula is C32H35N5O4S. The maximum absolute atomic E-state index is 10.4. The summed E-state index contributed by atoms with van der Waals surface area (Å²) in [5.41, 5.74) is 3.24. The van der Waals surface area contributed by atoms with Crippen LogP contribution in [-0.2, 0) is 21.8 Å². The van der Waals surface area contributed by atoms with Crippen LogP contribution in [0.5, 0.6) is 5.75 Å². The highest BCUT2D eigenvalue weighted by molar-refractivity contribution is 7.98. The molecule has 0 aliphatic carbocycles. The highest BCUT2D eigenvalue weighted by Crippen LogP contribution is 2.41. The Morgan fingerprint density at radius 2 is 1.52 bits per heavy atom. The summed E-state index contributed by atoms with van der Waals surface area (Å²) in [5.74, 6) is 1.34. The van der Waals surface area contributed by atoms with Crippen LogP contribution in [0.4, 0.5) is 5.95 Å². The quantitative estimate of drug-likeness (QED) is 0.117. The molecule has 9 nitrogen and oxygen atoms in total. The fourth-order valence-corrected chi connectivity index (χ4v) is 5.33. The molecule has 0 saturated carbocycles. The van der Waals surface area contributed by atoms with Gasteiger partial charge in [-0.1, -0.05) is 72.8 Å². The van der Waals surface area contributed by atoms with Crippen molar-refractivity contribution < 1.29 is 19.3 Å². The van der Waals surface area contributed by atoms with Crippen LogP contribution in [0, 0.1) is 0 Å². The van der Waals surface area contributed by atoms with Crippen LogP contribution in [0.1, 0.15) is 16.7 Å². The normalized spacial score (nSPS) is 12.4. The molecule has 5 aromatic rings. The molecule has 0 fully saturated rings. The van der Waals surface area contributed by atoms with Crippen molar-refractivity contribution in [1.29, 1.82) is 0 Å². The molecule has 5 rings (SSSR count).